The lowest BCUT2D eigenvalue weighted by atomic mass is 10.3. The predicted octanol–water partition coefficient (Wildman–Crippen LogP) is 3.67. The number of hydrogen-bond donors (Lipinski definition) is 1. The fraction of sp³-hybridized carbons (Fsp3) is 0.188. The first kappa shape index (κ1) is 19.4. The van der Waals surface area contributed by atoms with Crippen LogP contribution in [0.3, 0.4) is 0 Å². The maximum absolute atomic E-state index is 13.1. The van der Waals surface area contributed by atoms with E-state index in [0.29, 0.717) is 5.75 Å². The summed E-state index contributed by atoms with van der Waals surface area (Å²) in [6, 6.07) is 10.4. The third-order valence-corrected chi connectivity index (χ3v) is 5.88. The molecular weight excluding hydrogens is 389 g/mol. The van der Waals surface area contributed by atoms with Gasteiger partial charge in [-0.2, -0.15) is 0 Å². The molecule has 0 aliphatic heterocycles. The van der Waals surface area contributed by atoms with Crippen molar-refractivity contribution >= 4 is 44.9 Å². The van der Waals surface area contributed by atoms with Crippen molar-refractivity contribution < 1.29 is 23.1 Å². The zero-order valence-corrected chi connectivity index (χ0v) is 15.5. The van der Waals surface area contributed by atoms with Crippen LogP contribution >= 0.6 is 23.2 Å². The Morgan fingerprint density at radius 2 is 1.92 bits per heavy atom. The van der Waals surface area contributed by atoms with E-state index in [1.54, 1.807) is 18.2 Å². The van der Waals surface area contributed by atoms with Crippen molar-refractivity contribution in [2.24, 2.45) is 0 Å². The second-order valence-corrected chi connectivity index (χ2v) is 7.67. The highest BCUT2D eigenvalue weighted by Gasteiger charge is 2.28. The molecule has 2 aromatic rings. The molecule has 0 saturated heterocycles. The lowest BCUT2D eigenvalue weighted by molar-refractivity contribution is -0.136. The summed E-state index contributed by atoms with van der Waals surface area (Å²) in [6.07, 6.45) is -0.380. The van der Waals surface area contributed by atoms with E-state index in [1.165, 1.54) is 31.4 Å². The van der Waals surface area contributed by atoms with E-state index < -0.39 is 16.0 Å². The smallest absolute Gasteiger partial charge is 0.305 e. The van der Waals surface area contributed by atoms with E-state index in [9.17, 15) is 13.2 Å². The lowest BCUT2D eigenvalue weighted by Gasteiger charge is -2.25. The van der Waals surface area contributed by atoms with Crippen LogP contribution in [-0.2, 0) is 14.8 Å². The minimum atomic E-state index is -4.13. The molecule has 9 heteroatoms. The molecule has 0 fully saturated rings. The number of sulfonamides is 1. The quantitative estimate of drug-likeness (QED) is 0.761. The highest BCUT2D eigenvalue weighted by atomic mass is 35.5. The van der Waals surface area contributed by atoms with E-state index in [0.717, 1.165) is 4.31 Å². The first-order valence-corrected chi connectivity index (χ1v) is 9.29. The Balaban J connectivity index is 2.56. The molecule has 0 amide bonds. The first-order chi connectivity index (χ1) is 11.8. The number of anilines is 1. The van der Waals surface area contributed by atoms with Gasteiger partial charge in [0.15, 0.2) is 0 Å². The maximum atomic E-state index is 13.1. The third kappa shape index (κ3) is 4.56. The molecule has 0 atom stereocenters. The van der Waals surface area contributed by atoms with E-state index in [4.69, 9.17) is 33.0 Å². The van der Waals surface area contributed by atoms with Gasteiger partial charge in [-0.3, -0.25) is 9.10 Å². The fourth-order valence-electron chi connectivity index (χ4n) is 2.14. The predicted molar refractivity (Wildman–Crippen MR) is 96.2 cm³/mol. The van der Waals surface area contributed by atoms with Crippen LogP contribution in [0.25, 0.3) is 0 Å². The number of halogens is 2. The standard InChI is InChI=1S/C16H15Cl2NO5S/c1-24-13-4-2-3-12(10-13)19(8-7-16(20)21)25(22,23)15-9-11(17)5-6-14(15)18/h2-6,9-10H,7-8H2,1H3,(H,20,21). The van der Waals surface area contributed by atoms with Crippen LogP contribution in [-0.4, -0.2) is 33.1 Å². The molecule has 0 aromatic heterocycles. The van der Waals surface area contributed by atoms with Gasteiger partial charge in [0.05, 0.1) is 24.2 Å². The molecule has 2 rings (SSSR count). The number of benzene rings is 2. The van der Waals surface area contributed by atoms with Gasteiger partial charge >= 0.3 is 5.97 Å². The SMILES string of the molecule is COc1cccc(N(CCC(=O)O)S(=O)(=O)c2cc(Cl)ccc2Cl)c1. The largest absolute Gasteiger partial charge is 0.497 e. The van der Waals surface area contributed by atoms with E-state index in [-0.39, 0.29) is 33.6 Å². The second-order valence-electron chi connectivity index (χ2n) is 5.00. The summed E-state index contributed by atoms with van der Waals surface area (Å²) in [5.74, 6) is -0.689. The molecular formula is C16H15Cl2NO5S. The van der Waals surface area contributed by atoms with Crippen LogP contribution in [0.15, 0.2) is 47.4 Å². The van der Waals surface area contributed by atoms with Crippen LogP contribution < -0.4 is 9.04 Å². The fourth-order valence-corrected chi connectivity index (χ4v) is 4.34. The summed E-state index contributed by atoms with van der Waals surface area (Å²) < 4.78 is 32.2. The number of carbonyl (C=O) groups is 1. The average Bonchev–Trinajstić information content (AvgIpc) is 2.56. The van der Waals surface area contributed by atoms with Gasteiger partial charge in [0.1, 0.15) is 10.6 Å². The van der Waals surface area contributed by atoms with Gasteiger partial charge in [-0.15, -0.1) is 0 Å². The Bertz CT molecular complexity index is 886. The Labute approximate surface area is 155 Å². The molecule has 2 aromatic carbocycles. The molecule has 25 heavy (non-hydrogen) atoms. The molecule has 0 radical (unpaired) electrons. The molecule has 1 N–H and O–H groups in total. The van der Waals surface area contributed by atoms with Crippen molar-refractivity contribution in [1.82, 2.24) is 0 Å². The minimum Gasteiger partial charge on any atom is -0.497 e. The molecule has 0 aliphatic carbocycles. The van der Waals surface area contributed by atoms with Gasteiger partial charge in [0, 0.05) is 17.6 Å². The van der Waals surface area contributed by atoms with E-state index >= 15 is 0 Å². The first-order valence-electron chi connectivity index (χ1n) is 7.09. The molecule has 0 unspecified atom stereocenters. The zero-order chi connectivity index (χ0) is 18.6. The van der Waals surface area contributed by atoms with Crippen LogP contribution in [0.2, 0.25) is 10.0 Å². The monoisotopic (exact) mass is 403 g/mol. The van der Waals surface area contributed by atoms with Crippen molar-refractivity contribution in [1.29, 1.82) is 0 Å². The van der Waals surface area contributed by atoms with E-state index in [1.807, 2.05) is 0 Å². The Kier molecular flexibility index (Phi) is 6.16. The lowest BCUT2D eigenvalue weighted by Crippen LogP contribution is -2.33. The van der Waals surface area contributed by atoms with Gasteiger partial charge in [0.25, 0.3) is 10.0 Å². The van der Waals surface area contributed by atoms with Crippen LogP contribution in [0.1, 0.15) is 6.42 Å². The van der Waals surface area contributed by atoms with Gasteiger partial charge in [-0.05, 0) is 30.3 Å². The highest BCUT2D eigenvalue weighted by molar-refractivity contribution is 7.93. The van der Waals surface area contributed by atoms with Gasteiger partial charge in [-0.25, -0.2) is 8.42 Å². The van der Waals surface area contributed by atoms with Crippen molar-refractivity contribution in [3.8, 4) is 5.75 Å². The summed E-state index contributed by atoms with van der Waals surface area (Å²) in [5.41, 5.74) is 0.261. The van der Waals surface area contributed by atoms with Crippen LogP contribution in [0.4, 0.5) is 5.69 Å². The highest BCUT2D eigenvalue weighted by Crippen LogP contribution is 2.32. The molecule has 0 aliphatic rings. The normalized spacial score (nSPS) is 11.2. The van der Waals surface area contributed by atoms with E-state index in [2.05, 4.69) is 0 Å². The Morgan fingerprint density at radius 3 is 2.56 bits per heavy atom. The van der Waals surface area contributed by atoms with Crippen molar-refractivity contribution in [3.05, 3.63) is 52.5 Å². The van der Waals surface area contributed by atoms with Gasteiger partial charge in [0.2, 0.25) is 0 Å². The van der Waals surface area contributed by atoms with Crippen molar-refractivity contribution in [3.63, 3.8) is 0 Å². The van der Waals surface area contributed by atoms with Crippen molar-refractivity contribution in [2.45, 2.75) is 11.3 Å². The number of methoxy groups -OCH3 is 1. The molecule has 6 nitrogen and oxygen atoms in total. The minimum absolute atomic E-state index is 0.00683. The van der Waals surface area contributed by atoms with Crippen LogP contribution in [0, 0.1) is 0 Å². The molecule has 0 heterocycles. The third-order valence-electron chi connectivity index (χ3n) is 3.33. The number of aliphatic carboxylic acids is 1. The maximum Gasteiger partial charge on any atom is 0.305 e. The summed E-state index contributed by atoms with van der Waals surface area (Å²) in [6.45, 7) is -0.270. The summed E-state index contributed by atoms with van der Waals surface area (Å²) in [5, 5.41) is 9.15. The number of carboxylic acids is 1. The Morgan fingerprint density at radius 1 is 1.20 bits per heavy atom. The Hall–Kier alpha value is -1.96. The summed E-state index contributed by atoms with van der Waals surface area (Å²) in [4.78, 5) is 10.8. The second kappa shape index (κ2) is 7.95. The van der Waals surface area contributed by atoms with Crippen LogP contribution in [0.5, 0.6) is 5.75 Å². The number of rotatable bonds is 7. The summed E-state index contributed by atoms with van der Waals surface area (Å²) in [7, 11) is -2.68. The summed E-state index contributed by atoms with van der Waals surface area (Å²) >= 11 is 11.9. The zero-order valence-electron chi connectivity index (χ0n) is 13.1. The molecule has 134 valence electrons. The topological polar surface area (TPSA) is 83.9 Å². The number of nitrogens with zero attached hydrogens (tertiary/aromatic N) is 1. The average molecular weight is 404 g/mol. The number of ether oxygens (including phenoxy) is 1. The number of hydrogen-bond acceptors (Lipinski definition) is 4. The molecule has 0 spiro atoms. The number of carboxylic acid groups (broad SMARTS) is 1. The molecule has 0 saturated carbocycles. The van der Waals surface area contributed by atoms with Gasteiger partial charge < -0.3 is 9.84 Å². The van der Waals surface area contributed by atoms with Crippen molar-refractivity contribution in [2.75, 3.05) is 18.0 Å². The van der Waals surface area contributed by atoms with Gasteiger partial charge in [-0.1, -0.05) is 29.3 Å². The molecule has 0 bridgehead atoms.